The molecule has 1 saturated heterocycles. The topological polar surface area (TPSA) is 39.2 Å². The molecule has 29 heavy (non-hydrogen) atoms. The summed E-state index contributed by atoms with van der Waals surface area (Å²) in [7, 11) is 0. The normalized spacial score (nSPS) is 17.5. The molecule has 1 fully saturated rings. The van der Waals surface area contributed by atoms with E-state index in [0.717, 1.165) is 24.2 Å². The highest BCUT2D eigenvalue weighted by Gasteiger charge is 2.32. The van der Waals surface area contributed by atoms with Gasteiger partial charge < -0.3 is 14.7 Å². The van der Waals surface area contributed by atoms with Crippen LogP contribution in [-0.4, -0.2) is 54.8 Å². The number of hydrogen-bond acceptors (Lipinski definition) is 4. The van der Waals surface area contributed by atoms with Crippen LogP contribution in [0.5, 0.6) is 0 Å². The summed E-state index contributed by atoms with van der Waals surface area (Å²) in [5.41, 5.74) is 2.91. The van der Waals surface area contributed by atoms with Gasteiger partial charge in [-0.2, -0.15) is 0 Å². The van der Waals surface area contributed by atoms with E-state index in [1.807, 2.05) is 64.5 Å². The summed E-state index contributed by atoms with van der Waals surface area (Å²) in [6, 6.07) is 19.7. The van der Waals surface area contributed by atoms with Crippen LogP contribution < -0.4 is 4.90 Å². The number of anilines is 1. The number of rotatable bonds is 4. The SMILES string of the molecule is C#CC1=CN(C(C(=O)N2CCN(c3ccccc3)CC2)c2ccccc2)C=NC1. The highest BCUT2D eigenvalue weighted by Crippen LogP contribution is 2.26. The first-order valence-corrected chi connectivity index (χ1v) is 9.84. The Morgan fingerprint density at radius 2 is 1.62 bits per heavy atom. The van der Waals surface area contributed by atoms with Gasteiger partial charge in [-0.25, -0.2) is 0 Å². The number of nitrogens with zero attached hydrogens (tertiary/aromatic N) is 4. The molecule has 1 atom stereocenters. The average Bonchev–Trinajstić information content (AvgIpc) is 2.81. The molecule has 0 aliphatic carbocycles. The Morgan fingerprint density at radius 3 is 2.28 bits per heavy atom. The second-order valence-corrected chi connectivity index (χ2v) is 7.16. The van der Waals surface area contributed by atoms with Crippen LogP contribution in [0.4, 0.5) is 5.69 Å². The third kappa shape index (κ3) is 4.17. The maximum atomic E-state index is 13.6. The number of hydrogen-bond donors (Lipinski definition) is 0. The van der Waals surface area contributed by atoms with Crippen LogP contribution in [0.15, 0.2) is 77.4 Å². The summed E-state index contributed by atoms with van der Waals surface area (Å²) < 4.78 is 0. The van der Waals surface area contributed by atoms with Gasteiger partial charge in [-0.3, -0.25) is 9.79 Å². The predicted octanol–water partition coefficient (Wildman–Crippen LogP) is 2.94. The van der Waals surface area contributed by atoms with E-state index in [-0.39, 0.29) is 5.91 Å². The lowest BCUT2D eigenvalue weighted by Crippen LogP contribution is -2.51. The Labute approximate surface area is 172 Å². The summed E-state index contributed by atoms with van der Waals surface area (Å²) in [6.45, 7) is 3.49. The summed E-state index contributed by atoms with van der Waals surface area (Å²) in [6.07, 6.45) is 9.16. The monoisotopic (exact) mass is 384 g/mol. The third-order valence-corrected chi connectivity index (χ3v) is 5.33. The molecule has 0 N–H and O–H groups in total. The maximum absolute atomic E-state index is 13.6. The van der Waals surface area contributed by atoms with Crippen LogP contribution in [0.1, 0.15) is 11.6 Å². The molecule has 146 valence electrons. The minimum absolute atomic E-state index is 0.0740. The molecular weight excluding hydrogens is 360 g/mol. The lowest BCUT2D eigenvalue weighted by molar-refractivity contribution is -0.135. The minimum atomic E-state index is -0.466. The van der Waals surface area contributed by atoms with E-state index < -0.39 is 6.04 Å². The first-order valence-electron chi connectivity index (χ1n) is 9.84. The molecule has 4 rings (SSSR count). The second kappa shape index (κ2) is 8.66. The van der Waals surface area contributed by atoms with Crippen molar-refractivity contribution in [3.05, 3.63) is 78.0 Å². The van der Waals surface area contributed by atoms with Gasteiger partial charge >= 0.3 is 0 Å². The van der Waals surface area contributed by atoms with Crippen molar-refractivity contribution in [2.75, 3.05) is 37.6 Å². The summed E-state index contributed by atoms with van der Waals surface area (Å²) in [5.74, 6) is 2.73. The third-order valence-electron chi connectivity index (χ3n) is 5.33. The predicted molar refractivity (Wildman–Crippen MR) is 117 cm³/mol. The van der Waals surface area contributed by atoms with E-state index in [1.54, 1.807) is 6.34 Å². The van der Waals surface area contributed by atoms with Crippen LogP contribution in [0.25, 0.3) is 0 Å². The zero-order valence-electron chi connectivity index (χ0n) is 16.3. The molecule has 1 unspecified atom stereocenters. The average molecular weight is 384 g/mol. The molecule has 2 aromatic rings. The van der Waals surface area contributed by atoms with E-state index >= 15 is 0 Å². The first kappa shape index (κ1) is 18.8. The van der Waals surface area contributed by atoms with E-state index in [9.17, 15) is 4.79 Å². The van der Waals surface area contributed by atoms with Crippen LogP contribution in [0.2, 0.25) is 0 Å². The molecule has 0 radical (unpaired) electrons. The van der Waals surface area contributed by atoms with E-state index in [2.05, 4.69) is 27.9 Å². The van der Waals surface area contributed by atoms with Crippen LogP contribution >= 0.6 is 0 Å². The molecule has 2 heterocycles. The fourth-order valence-electron chi connectivity index (χ4n) is 3.79. The molecule has 0 saturated carbocycles. The van der Waals surface area contributed by atoms with Gasteiger partial charge in [0.15, 0.2) is 0 Å². The number of terminal acetylenes is 1. The Kier molecular flexibility index (Phi) is 5.62. The van der Waals surface area contributed by atoms with Gasteiger partial charge in [-0.15, -0.1) is 6.42 Å². The largest absolute Gasteiger partial charge is 0.368 e. The Balaban J connectivity index is 1.53. The number of piperazine rings is 1. The number of benzene rings is 2. The van der Waals surface area contributed by atoms with Gasteiger partial charge in [-0.05, 0) is 17.7 Å². The number of para-hydroxylation sites is 1. The molecule has 5 nitrogen and oxygen atoms in total. The molecule has 5 heteroatoms. The van der Waals surface area contributed by atoms with Crippen molar-refractivity contribution in [3.8, 4) is 12.3 Å². The summed E-state index contributed by atoms with van der Waals surface area (Å²) in [5, 5.41) is 0. The van der Waals surface area contributed by atoms with Crippen LogP contribution in [-0.2, 0) is 4.79 Å². The van der Waals surface area contributed by atoms with Crippen molar-refractivity contribution >= 4 is 17.9 Å². The van der Waals surface area contributed by atoms with E-state index in [4.69, 9.17) is 6.42 Å². The van der Waals surface area contributed by atoms with Crippen molar-refractivity contribution in [1.29, 1.82) is 0 Å². The minimum Gasteiger partial charge on any atom is -0.368 e. The standard InChI is InChI=1S/C24H24N4O/c1-2-20-17-25-19-28(18-20)23(21-9-5-3-6-10-21)24(29)27-15-13-26(14-16-27)22-11-7-4-8-12-22/h1,3-12,18-19,23H,13-17H2. The maximum Gasteiger partial charge on any atom is 0.250 e. The van der Waals surface area contributed by atoms with Gasteiger partial charge in [-0.1, -0.05) is 54.5 Å². The van der Waals surface area contributed by atoms with Gasteiger partial charge in [0, 0.05) is 43.6 Å². The van der Waals surface area contributed by atoms with Crippen LogP contribution in [0, 0.1) is 12.3 Å². The fraction of sp³-hybridized carbons (Fsp3) is 0.250. The number of amides is 1. The number of carbonyl (C=O) groups is 1. The molecule has 2 aliphatic rings. The lowest BCUT2D eigenvalue weighted by atomic mass is 10.0. The second-order valence-electron chi connectivity index (χ2n) is 7.16. The Hall–Kier alpha value is -3.52. The zero-order chi connectivity index (χ0) is 20.1. The van der Waals surface area contributed by atoms with Crippen molar-refractivity contribution in [3.63, 3.8) is 0 Å². The van der Waals surface area contributed by atoms with Gasteiger partial charge in [0.25, 0.3) is 0 Å². The molecule has 0 aromatic heterocycles. The molecule has 1 amide bonds. The van der Waals surface area contributed by atoms with Crippen molar-refractivity contribution in [1.82, 2.24) is 9.80 Å². The van der Waals surface area contributed by atoms with Gasteiger partial charge in [0.2, 0.25) is 5.91 Å². The highest BCUT2D eigenvalue weighted by atomic mass is 16.2. The molecule has 0 bridgehead atoms. The lowest BCUT2D eigenvalue weighted by Gasteiger charge is -2.39. The zero-order valence-corrected chi connectivity index (χ0v) is 16.3. The van der Waals surface area contributed by atoms with Gasteiger partial charge in [0.05, 0.1) is 12.9 Å². The number of aliphatic imine (C=N–C) groups is 1. The van der Waals surface area contributed by atoms with Crippen molar-refractivity contribution < 1.29 is 4.79 Å². The molecule has 2 aliphatic heterocycles. The van der Waals surface area contributed by atoms with E-state index in [0.29, 0.717) is 19.6 Å². The smallest absolute Gasteiger partial charge is 0.250 e. The van der Waals surface area contributed by atoms with Crippen LogP contribution in [0.3, 0.4) is 0 Å². The quantitative estimate of drug-likeness (QED) is 0.761. The Bertz CT molecular complexity index is 938. The van der Waals surface area contributed by atoms with E-state index in [1.165, 1.54) is 5.69 Å². The first-order chi connectivity index (χ1) is 14.3. The Morgan fingerprint density at radius 1 is 0.966 bits per heavy atom. The highest BCUT2D eigenvalue weighted by molar-refractivity contribution is 5.86. The van der Waals surface area contributed by atoms with Gasteiger partial charge in [0.1, 0.15) is 6.04 Å². The molecule has 0 spiro atoms. The summed E-state index contributed by atoms with van der Waals surface area (Å²) >= 11 is 0. The molecule has 2 aromatic carbocycles. The molecular formula is C24H24N4O. The fourth-order valence-corrected chi connectivity index (χ4v) is 3.79. The summed E-state index contributed by atoms with van der Waals surface area (Å²) in [4.78, 5) is 24.0. The van der Waals surface area contributed by atoms with Crippen molar-refractivity contribution in [2.45, 2.75) is 6.04 Å². The number of carbonyl (C=O) groups excluding carboxylic acids is 1. The van der Waals surface area contributed by atoms with Crippen molar-refractivity contribution in [2.24, 2.45) is 4.99 Å².